The highest BCUT2D eigenvalue weighted by Crippen LogP contribution is 2.23. The fraction of sp³-hybridized carbons (Fsp3) is 0.545. The molecule has 3 nitrogen and oxygen atoms in total. The summed E-state index contributed by atoms with van der Waals surface area (Å²) < 4.78 is 5.60. The molecular formula is C11H18N2O. The molecular weight excluding hydrogens is 176 g/mol. The van der Waals surface area contributed by atoms with E-state index in [0.717, 1.165) is 5.56 Å². The van der Waals surface area contributed by atoms with Crippen LogP contribution in [0.1, 0.15) is 32.3 Å². The number of hydrogen-bond acceptors (Lipinski definition) is 3. The van der Waals surface area contributed by atoms with Gasteiger partial charge in [0.2, 0.25) is 5.88 Å². The molecule has 1 unspecified atom stereocenters. The van der Waals surface area contributed by atoms with Gasteiger partial charge in [-0.3, -0.25) is 0 Å². The van der Waals surface area contributed by atoms with Crippen molar-refractivity contribution in [2.24, 2.45) is 5.73 Å². The normalized spacial score (nSPS) is 12.9. The summed E-state index contributed by atoms with van der Waals surface area (Å²) in [5, 5.41) is 0. The SMILES string of the molecule is CC(C)Oc1ncccc1C(C)CN. The second kappa shape index (κ2) is 4.96. The summed E-state index contributed by atoms with van der Waals surface area (Å²) in [6.45, 7) is 6.67. The Morgan fingerprint density at radius 2 is 2.14 bits per heavy atom. The molecule has 0 aliphatic heterocycles. The zero-order chi connectivity index (χ0) is 10.6. The van der Waals surface area contributed by atoms with Crippen LogP contribution < -0.4 is 10.5 Å². The molecule has 0 radical (unpaired) electrons. The predicted molar refractivity (Wildman–Crippen MR) is 57.5 cm³/mol. The van der Waals surface area contributed by atoms with Crippen LogP contribution >= 0.6 is 0 Å². The molecule has 0 saturated heterocycles. The number of aromatic nitrogens is 1. The Bertz CT molecular complexity index is 286. The lowest BCUT2D eigenvalue weighted by Gasteiger charge is -2.15. The average Bonchev–Trinajstić information content (AvgIpc) is 2.16. The van der Waals surface area contributed by atoms with Gasteiger partial charge in [-0.15, -0.1) is 0 Å². The topological polar surface area (TPSA) is 48.1 Å². The Labute approximate surface area is 85.3 Å². The number of rotatable bonds is 4. The second-order valence-corrected chi connectivity index (χ2v) is 3.70. The van der Waals surface area contributed by atoms with E-state index in [2.05, 4.69) is 11.9 Å². The maximum Gasteiger partial charge on any atom is 0.217 e. The van der Waals surface area contributed by atoms with Crippen molar-refractivity contribution in [2.45, 2.75) is 32.8 Å². The Morgan fingerprint density at radius 1 is 1.43 bits per heavy atom. The minimum absolute atomic E-state index is 0.147. The number of nitrogens with two attached hydrogens (primary N) is 1. The van der Waals surface area contributed by atoms with Gasteiger partial charge < -0.3 is 10.5 Å². The molecule has 0 bridgehead atoms. The summed E-state index contributed by atoms with van der Waals surface area (Å²) in [7, 11) is 0. The molecule has 0 aliphatic rings. The van der Waals surface area contributed by atoms with E-state index in [9.17, 15) is 0 Å². The van der Waals surface area contributed by atoms with E-state index in [0.29, 0.717) is 12.4 Å². The van der Waals surface area contributed by atoms with Gasteiger partial charge >= 0.3 is 0 Å². The molecule has 78 valence electrons. The molecule has 0 aliphatic carbocycles. The molecule has 1 aromatic heterocycles. The van der Waals surface area contributed by atoms with E-state index < -0.39 is 0 Å². The van der Waals surface area contributed by atoms with E-state index in [1.165, 1.54) is 0 Å². The van der Waals surface area contributed by atoms with E-state index in [-0.39, 0.29) is 12.0 Å². The van der Waals surface area contributed by atoms with Gasteiger partial charge in [-0.2, -0.15) is 0 Å². The summed E-state index contributed by atoms with van der Waals surface area (Å²) in [6.07, 6.45) is 1.89. The van der Waals surface area contributed by atoms with Crippen molar-refractivity contribution in [3.8, 4) is 5.88 Å². The van der Waals surface area contributed by atoms with Gasteiger partial charge in [-0.05, 0) is 32.4 Å². The molecule has 0 aromatic carbocycles. The lowest BCUT2D eigenvalue weighted by atomic mass is 10.0. The standard InChI is InChI=1S/C11H18N2O/c1-8(2)14-11-10(9(3)7-12)5-4-6-13-11/h4-6,8-9H,7,12H2,1-3H3. The minimum atomic E-state index is 0.147. The number of pyridine rings is 1. The number of nitrogens with zero attached hydrogens (tertiary/aromatic N) is 1. The molecule has 1 rings (SSSR count). The third-order valence-corrected chi connectivity index (χ3v) is 2.03. The highest BCUT2D eigenvalue weighted by atomic mass is 16.5. The molecule has 1 heterocycles. The van der Waals surface area contributed by atoms with Crippen LogP contribution in [0.3, 0.4) is 0 Å². The van der Waals surface area contributed by atoms with Crippen LogP contribution in [-0.2, 0) is 0 Å². The summed E-state index contributed by atoms with van der Waals surface area (Å²) in [4.78, 5) is 4.21. The fourth-order valence-electron chi connectivity index (χ4n) is 1.23. The Morgan fingerprint density at radius 3 is 2.71 bits per heavy atom. The van der Waals surface area contributed by atoms with Crippen LogP contribution in [0.5, 0.6) is 5.88 Å². The van der Waals surface area contributed by atoms with Crippen LogP contribution in [0.15, 0.2) is 18.3 Å². The quantitative estimate of drug-likeness (QED) is 0.796. The van der Waals surface area contributed by atoms with Gasteiger partial charge in [0.25, 0.3) is 0 Å². The first-order valence-corrected chi connectivity index (χ1v) is 4.96. The van der Waals surface area contributed by atoms with Gasteiger partial charge in [0, 0.05) is 11.8 Å². The lowest BCUT2D eigenvalue weighted by Crippen LogP contribution is -2.14. The Hall–Kier alpha value is -1.09. The maximum atomic E-state index is 5.62. The first kappa shape index (κ1) is 11.0. The average molecular weight is 194 g/mol. The zero-order valence-corrected chi connectivity index (χ0v) is 9.03. The van der Waals surface area contributed by atoms with Crippen LogP contribution in [0.4, 0.5) is 0 Å². The summed E-state index contributed by atoms with van der Waals surface area (Å²) in [5.41, 5.74) is 6.71. The molecule has 0 spiro atoms. The minimum Gasteiger partial charge on any atom is -0.475 e. The first-order valence-electron chi connectivity index (χ1n) is 4.96. The molecule has 0 fully saturated rings. The summed E-state index contributed by atoms with van der Waals surface area (Å²) in [6, 6.07) is 3.93. The van der Waals surface area contributed by atoms with Gasteiger partial charge in [0.15, 0.2) is 0 Å². The third-order valence-electron chi connectivity index (χ3n) is 2.03. The van der Waals surface area contributed by atoms with E-state index in [1.807, 2.05) is 26.0 Å². The van der Waals surface area contributed by atoms with Gasteiger partial charge in [0.1, 0.15) is 0 Å². The van der Waals surface area contributed by atoms with Gasteiger partial charge in [-0.1, -0.05) is 13.0 Å². The largest absolute Gasteiger partial charge is 0.475 e. The number of hydrogen-bond donors (Lipinski definition) is 1. The van der Waals surface area contributed by atoms with Crippen LogP contribution in [0.2, 0.25) is 0 Å². The van der Waals surface area contributed by atoms with Gasteiger partial charge in [0.05, 0.1) is 6.10 Å². The van der Waals surface area contributed by atoms with Gasteiger partial charge in [-0.25, -0.2) is 4.98 Å². The predicted octanol–water partition coefficient (Wildman–Crippen LogP) is 1.93. The second-order valence-electron chi connectivity index (χ2n) is 3.70. The van der Waals surface area contributed by atoms with E-state index in [4.69, 9.17) is 10.5 Å². The smallest absolute Gasteiger partial charge is 0.217 e. The molecule has 0 saturated carbocycles. The van der Waals surface area contributed by atoms with E-state index in [1.54, 1.807) is 6.20 Å². The summed E-state index contributed by atoms with van der Waals surface area (Å²) in [5.74, 6) is 0.998. The molecule has 1 aromatic rings. The molecule has 3 heteroatoms. The van der Waals surface area contributed by atoms with Crippen molar-refractivity contribution in [1.82, 2.24) is 4.98 Å². The van der Waals surface area contributed by atoms with Crippen molar-refractivity contribution in [3.05, 3.63) is 23.9 Å². The highest BCUT2D eigenvalue weighted by Gasteiger charge is 2.11. The summed E-state index contributed by atoms with van der Waals surface area (Å²) >= 11 is 0. The molecule has 14 heavy (non-hydrogen) atoms. The molecule has 2 N–H and O–H groups in total. The fourth-order valence-corrected chi connectivity index (χ4v) is 1.23. The van der Waals surface area contributed by atoms with Crippen LogP contribution in [0, 0.1) is 0 Å². The highest BCUT2D eigenvalue weighted by molar-refractivity contribution is 5.29. The first-order chi connectivity index (χ1) is 6.65. The van der Waals surface area contributed by atoms with Crippen LogP contribution in [0.25, 0.3) is 0 Å². The zero-order valence-electron chi connectivity index (χ0n) is 9.03. The Kier molecular flexibility index (Phi) is 3.89. The molecule has 1 atom stereocenters. The maximum absolute atomic E-state index is 5.62. The monoisotopic (exact) mass is 194 g/mol. The van der Waals surface area contributed by atoms with Crippen molar-refractivity contribution < 1.29 is 4.74 Å². The van der Waals surface area contributed by atoms with Crippen molar-refractivity contribution >= 4 is 0 Å². The van der Waals surface area contributed by atoms with Crippen LogP contribution in [-0.4, -0.2) is 17.6 Å². The van der Waals surface area contributed by atoms with Crippen molar-refractivity contribution in [2.75, 3.05) is 6.54 Å². The van der Waals surface area contributed by atoms with Crippen molar-refractivity contribution in [3.63, 3.8) is 0 Å². The Balaban J connectivity index is 2.91. The number of ether oxygens (including phenoxy) is 1. The molecule has 0 amide bonds. The van der Waals surface area contributed by atoms with Crippen molar-refractivity contribution in [1.29, 1.82) is 0 Å². The third kappa shape index (κ3) is 2.70. The lowest BCUT2D eigenvalue weighted by molar-refractivity contribution is 0.229. The van der Waals surface area contributed by atoms with E-state index >= 15 is 0 Å².